The number of halogens is 1. The average molecular weight is 298 g/mol. The molecule has 0 spiro atoms. The van der Waals surface area contributed by atoms with Gasteiger partial charge >= 0.3 is 5.97 Å². The van der Waals surface area contributed by atoms with Crippen LogP contribution in [0.5, 0.6) is 5.75 Å². The van der Waals surface area contributed by atoms with Gasteiger partial charge in [-0.05, 0) is 38.7 Å². The van der Waals surface area contributed by atoms with Crippen LogP contribution < -0.4 is 4.74 Å². The summed E-state index contributed by atoms with van der Waals surface area (Å²) in [7, 11) is 5.27. The van der Waals surface area contributed by atoms with Crippen molar-refractivity contribution >= 4 is 5.97 Å². The molecule has 1 atom stereocenters. The summed E-state index contributed by atoms with van der Waals surface area (Å²) in [6.07, 6.45) is 0. The molecule has 21 heavy (non-hydrogen) atoms. The first kappa shape index (κ1) is 17.4. The Balaban J connectivity index is 2.89. The lowest BCUT2D eigenvalue weighted by Crippen LogP contribution is -2.37. The maximum absolute atomic E-state index is 13.8. The highest BCUT2D eigenvalue weighted by molar-refractivity contribution is 5.69. The molecule has 0 bridgehead atoms. The summed E-state index contributed by atoms with van der Waals surface area (Å²) in [5.74, 6) is -1.15. The highest BCUT2D eigenvalue weighted by Crippen LogP contribution is 2.25. The molecule has 6 heteroatoms. The molecule has 0 saturated heterocycles. The highest BCUT2D eigenvalue weighted by Gasteiger charge is 2.19. The molecule has 5 nitrogen and oxygen atoms in total. The molecule has 1 aromatic rings. The molecule has 1 aromatic carbocycles. The zero-order valence-corrected chi connectivity index (χ0v) is 13.0. The predicted octanol–water partition coefficient (Wildman–Crippen LogP) is 1.84. The number of ether oxygens (including phenoxy) is 1. The van der Waals surface area contributed by atoms with Crippen LogP contribution in [0.3, 0.4) is 0 Å². The third-order valence-corrected chi connectivity index (χ3v) is 3.38. The van der Waals surface area contributed by atoms with E-state index in [0.29, 0.717) is 6.54 Å². The van der Waals surface area contributed by atoms with Gasteiger partial charge in [-0.3, -0.25) is 9.69 Å². The number of carboxylic acids is 1. The van der Waals surface area contributed by atoms with Crippen LogP contribution in [0.15, 0.2) is 18.2 Å². The van der Waals surface area contributed by atoms with Crippen LogP contribution in [0.1, 0.15) is 18.5 Å². The van der Waals surface area contributed by atoms with Crippen molar-refractivity contribution in [2.75, 3.05) is 40.8 Å². The average Bonchev–Trinajstić information content (AvgIpc) is 2.42. The quantitative estimate of drug-likeness (QED) is 0.794. The predicted molar refractivity (Wildman–Crippen MR) is 79.1 cm³/mol. The Morgan fingerprint density at radius 2 is 2.05 bits per heavy atom. The van der Waals surface area contributed by atoms with Crippen LogP contribution >= 0.6 is 0 Å². The minimum atomic E-state index is -0.894. The van der Waals surface area contributed by atoms with Crippen LogP contribution in [-0.4, -0.2) is 61.7 Å². The first-order valence-corrected chi connectivity index (χ1v) is 6.79. The SMILES string of the molecule is COc1ccc(C(C)N(CCN(C)C)CC(=O)O)cc1F. The number of methoxy groups -OCH3 is 1. The smallest absolute Gasteiger partial charge is 0.317 e. The van der Waals surface area contributed by atoms with Crippen LogP contribution in [0, 0.1) is 5.82 Å². The fourth-order valence-electron chi connectivity index (χ4n) is 2.07. The molecule has 0 aliphatic heterocycles. The summed E-state index contributed by atoms with van der Waals surface area (Å²) >= 11 is 0. The summed E-state index contributed by atoms with van der Waals surface area (Å²) in [5, 5.41) is 9.03. The topological polar surface area (TPSA) is 53.0 Å². The Kier molecular flexibility index (Phi) is 6.58. The number of benzene rings is 1. The Morgan fingerprint density at radius 3 is 2.52 bits per heavy atom. The second-order valence-corrected chi connectivity index (χ2v) is 5.24. The monoisotopic (exact) mass is 298 g/mol. The van der Waals surface area contributed by atoms with E-state index in [9.17, 15) is 9.18 Å². The van der Waals surface area contributed by atoms with Crippen molar-refractivity contribution in [3.05, 3.63) is 29.6 Å². The largest absolute Gasteiger partial charge is 0.494 e. The van der Waals surface area contributed by atoms with Crippen molar-refractivity contribution in [1.82, 2.24) is 9.80 Å². The molecular weight excluding hydrogens is 275 g/mol. The summed E-state index contributed by atoms with van der Waals surface area (Å²) in [5.41, 5.74) is 0.730. The molecule has 0 amide bonds. The van der Waals surface area contributed by atoms with Crippen molar-refractivity contribution in [3.8, 4) is 5.75 Å². The summed E-state index contributed by atoms with van der Waals surface area (Å²) in [4.78, 5) is 14.8. The Bertz CT molecular complexity index is 480. The van der Waals surface area contributed by atoms with E-state index in [-0.39, 0.29) is 18.3 Å². The van der Waals surface area contributed by atoms with E-state index in [2.05, 4.69) is 0 Å². The lowest BCUT2D eigenvalue weighted by molar-refractivity contribution is -0.138. The number of carbonyl (C=O) groups is 1. The van der Waals surface area contributed by atoms with Gasteiger partial charge in [0.05, 0.1) is 13.7 Å². The van der Waals surface area contributed by atoms with Crippen molar-refractivity contribution in [2.45, 2.75) is 13.0 Å². The van der Waals surface area contributed by atoms with E-state index in [0.717, 1.165) is 12.1 Å². The van der Waals surface area contributed by atoms with Crippen molar-refractivity contribution in [2.24, 2.45) is 0 Å². The number of rotatable bonds is 8. The molecule has 0 radical (unpaired) electrons. The fourth-order valence-corrected chi connectivity index (χ4v) is 2.07. The number of aliphatic carboxylic acids is 1. The standard InChI is InChI=1S/C15H23FN2O3/c1-11(12-5-6-14(21-4)13(16)9-12)18(10-15(19)20)8-7-17(2)3/h5-6,9,11H,7-8,10H2,1-4H3,(H,19,20). The fraction of sp³-hybridized carbons (Fsp3) is 0.533. The van der Waals surface area contributed by atoms with E-state index in [1.54, 1.807) is 12.1 Å². The minimum absolute atomic E-state index is 0.0807. The summed E-state index contributed by atoms with van der Waals surface area (Å²) in [6.45, 7) is 3.12. The number of carboxylic acid groups (broad SMARTS) is 1. The van der Waals surface area contributed by atoms with E-state index in [1.807, 2.05) is 30.8 Å². The molecule has 0 aromatic heterocycles. The Morgan fingerprint density at radius 1 is 1.38 bits per heavy atom. The lowest BCUT2D eigenvalue weighted by Gasteiger charge is -2.29. The van der Waals surface area contributed by atoms with E-state index < -0.39 is 11.8 Å². The molecule has 1 N–H and O–H groups in total. The Labute approximate surface area is 124 Å². The van der Waals surface area contributed by atoms with E-state index in [1.165, 1.54) is 13.2 Å². The summed E-state index contributed by atoms with van der Waals surface area (Å²) in [6, 6.07) is 4.53. The van der Waals surface area contributed by atoms with Gasteiger partial charge < -0.3 is 14.7 Å². The molecule has 0 aliphatic carbocycles. The number of likely N-dealkylation sites (N-methyl/N-ethyl adjacent to an activating group) is 1. The van der Waals surface area contributed by atoms with E-state index in [4.69, 9.17) is 9.84 Å². The van der Waals surface area contributed by atoms with Crippen LogP contribution in [-0.2, 0) is 4.79 Å². The first-order valence-electron chi connectivity index (χ1n) is 6.79. The van der Waals surface area contributed by atoms with Gasteiger partial charge in [-0.2, -0.15) is 0 Å². The maximum atomic E-state index is 13.8. The van der Waals surface area contributed by atoms with Gasteiger partial charge in [-0.15, -0.1) is 0 Å². The molecule has 1 rings (SSSR count). The van der Waals surface area contributed by atoms with Crippen LogP contribution in [0.2, 0.25) is 0 Å². The molecular formula is C15H23FN2O3. The second kappa shape index (κ2) is 7.95. The van der Waals surface area contributed by atoms with Crippen LogP contribution in [0.4, 0.5) is 4.39 Å². The van der Waals surface area contributed by atoms with Crippen molar-refractivity contribution in [1.29, 1.82) is 0 Å². The third-order valence-electron chi connectivity index (χ3n) is 3.38. The molecule has 0 saturated carbocycles. The molecule has 1 unspecified atom stereocenters. The molecule has 0 fully saturated rings. The van der Waals surface area contributed by atoms with Gasteiger partial charge in [0.15, 0.2) is 11.6 Å². The van der Waals surface area contributed by atoms with Gasteiger partial charge in [0.25, 0.3) is 0 Å². The zero-order chi connectivity index (χ0) is 16.0. The lowest BCUT2D eigenvalue weighted by atomic mass is 10.1. The first-order chi connectivity index (χ1) is 9.85. The van der Waals surface area contributed by atoms with E-state index >= 15 is 0 Å². The highest BCUT2D eigenvalue weighted by atomic mass is 19.1. The molecule has 0 heterocycles. The third kappa shape index (κ3) is 5.32. The summed E-state index contributed by atoms with van der Waals surface area (Å²) < 4.78 is 18.7. The van der Waals surface area contributed by atoms with Gasteiger partial charge in [0, 0.05) is 19.1 Å². The minimum Gasteiger partial charge on any atom is -0.494 e. The Hall–Kier alpha value is -1.66. The normalized spacial score (nSPS) is 12.7. The second-order valence-electron chi connectivity index (χ2n) is 5.24. The number of hydrogen-bond donors (Lipinski definition) is 1. The van der Waals surface area contributed by atoms with Gasteiger partial charge in [0.2, 0.25) is 0 Å². The van der Waals surface area contributed by atoms with Crippen molar-refractivity contribution in [3.63, 3.8) is 0 Å². The maximum Gasteiger partial charge on any atom is 0.317 e. The number of hydrogen-bond acceptors (Lipinski definition) is 4. The molecule has 0 aliphatic rings. The zero-order valence-electron chi connectivity index (χ0n) is 13.0. The van der Waals surface area contributed by atoms with Gasteiger partial charge in [-0.1, -0.05) is 6.07 Å². The van der Waals surface area contributed by atoms with Gasteiger partial charge in [-0.25, -0.2) is 4.39 Å². The molecule has 118 valence electrons. The number of nitrogens with zero attached hydrogens (tertiary/aromatic N) is 2. The van der Waals surface area contributed by atoms with Gasteiger partial charge in [0.1, 0.15) is 0 Å². The van der Waals surface area contributed by atoms with Crippen molar-refractivity contribution < 1.29 is 19.0 Å². The van der Waals surface area contributed by atoms with Crippen LogP contribution in [0.25, 0.3) is 0 Å².